The van der Waals surface area contributed by atoms with E-state index in [1.807, 2.05) is 0 Å². The van der Waals surface area contributed by atoms with E-state index in [4.69, 9.17) is 0 Å². The number of nitrogens with one attached hydrogen (secondary N) is 2. The molecule has 3 rings (SSSR count). The van der Waals surface area contributed by atoms with Crippen molar-refractivity contribution in [2.45, 2.75) is 22.9 Å². The van der Waals surface area contributed by atoms with E-state index in [2.05, 4.69) is 9.44 Å². The number of hydrogen-bond donors (Lipinski definition) is 2. The Morgan fingerprint density at radius 2 is 1.14 bits per heavy atom. The van der Waals surface area contributed by atoms with E-state index in [0.717, 1.165) is 0 Å². The smallest absolute Gasteiger partial charge is 0.207 e. The zero-order valence-electron chi connectivity index (χ0n) is 15.2. The Morgan fingerprint density at radius 3 is 1.76 bits per heavy atom. The van der Waals surface area contributed by atoms with Gasteiger partial charge in [-0.05, 0) is 47.5 Å². The van der Waals surface area contributed by atoms with Crippen LogP contribution in [0.3, 0.4) is 0 Å². The van der Waals surface area contributed by atoms with Crippen molar-refractivity contribution in [1.82, 2.24) is 9.44 Å². The van der Waals surface area contributed by atoms with Crippen molar-refractivity contribution < 1.29 is 21.2 Å². The maximum absolute atomic E-state index is 13.2. The normalized spacial score (nSPS) is 12.0. The SMILES string of the molecule is O=S(=O)(NCc1cccc(S(=O)(=O)NCc2cccc(F)c2)c1)c1ccccc1. The molecule has 0 aliphatic heterocycles. The summed E-state index contributed by atoms with van der Waals surface area (Å²) in [5.41, 5.74) is 0.971. The highest BCUT2D eigenvalue weighted by molar-refractivity contribution is 7.89. The summed E-state index contributed by atoms with van der Waals surface area (Å²) in [5, 5.41) is 0. The predicted octanol–water partition coefficient (Wildman–Crippen LogP) is 2.78. The first-order valence-corrected chi connectivity index (χ1v) is 11.6. The molecule has 9 heteroatoms. The average molecular weight is 435 g/mol. The van der Waals surface area contributed by atoms with E-state index in [9.17, 15) is 21.2 Å². The largest absolute Gasteiger partial charge is 0.240 e. The maximum Gasteiger partial charge on any atom is 0.240 e. The van der Waals surface area contributed by atoms with Gasteiger partial charge in [-0.25, -0.2) is 30.7 Å². The molecule has 0 saturated heterocycles. The molecule has 0 aliphatic rings. The minimum Gasteiger partial charge on any atom is -0.207 e. The molecule has 29 heavy (non-hydrogen) atoms. The molecule has 0 radical (unpaired) electrons. The summed E-state index contributed by atoms with van der Waals surface area (Å²) in [6.45, 7) is -0.130. The molecule has 0 aliphatic carbocycles. The fourth-order valence-corrected chi connectivity index (χ4v) is 4.72. The van der Waals surface area contributed by atoms with Gasteiger partial charge in [-0.1, -0.05) is 42.5 Å². The Kier molecular flexibility index (Phi) is 6.43. The molecule has 0 heterocycles. The topological polar surface area (TPSA) is 92.3 Å². The first kappa shape index (κ1) is 21.1. The van der Waals surface area contributed by atoms with Crippen LogP contribution in [0.2, 0.25) is 0 Å². The van der Waals surface area contributed by atoms with Gasteiger partial charge < -0.3 is 0 Å². The zero-order chi connectivity index (χ0) is 20.9. The minimum absolute atomic E-state index is 0.00897. The van der Waals surface area contributed by atoms with Gasteiger partial charge in [0.05, 0.1) is 9.79 Å². The lowest BCUT2D eigenvalue weighted by atomic mass is 10.2. The van der Waals surface area contributed by atoms with Crippen LogP contribution in [-0.4, -0.2) is 16.8 Å². The minimum atomic E-state index is -3.85. The molecule has 3 aromatic carbocycles. The monoisotopic (exact) mass is 434 g/mol. The Hall–Kier alpha value is -2.59. The third kappa shape index (κ3) is 5.70. The molecule has 0 saturated carbocycles. The van der Waals surface area contributed by atoms with Gasteiger partial charge in [-0.2, -0.15) is 0 Å². The quantitative estimate of drug-likeness (QED) is 0.570. The summed E-state index contributed by atoms with van der Waals surface area (Å²) in [4.78, 5) is 0.117. The van der Waals surface area contributed by atoms with E-state index < -0.39 is 25.9 Å². The molecule has 6 nitrogen and oxygen atoms in total. The van der Waals surface area contributed by atoms with Gasteiger partial charge in [0.15, 0.2) is 0 Å². The van der Waals surface area contributed by atoms with Crippen molar-refractivity contribution in [3.05, 3.63) is 95.8 Å². The van der Waals surface area contributed by atoms with Crippen molar-refractivity contribution in [1.29, 1.82) is 0 Å². The van der Waals surface area contributed by atoms with E-state index in [1.54, 1.807) is 30.3 Å². The number of hydrogen-bond acceptors (Lipinski definition) is 4. The third-order valence-corrected chi connectivity index (χ3v) is 6.90. The van der Waals surface area contributed by atoms with Crippen LogP contribution in [0.5, 0.6) is 0 Å². The van der Waals surface area contributed by atoms with Gasteiger partial charge in [0.2, 0.25) is 20.0 Å². The van der Waals surface area contributed by atoms with Crippen molar-refractivity contribution in [3.8, 4) is 0 Å². The Labute approximate surface area is 169 Å². The highest BCUT2D eigenvalue weighted by Gasteiger charge is 2.16. The average Bonchev–Trinajstić information content (AvgIpc) is 2.72. The molecular weight excluding hydrogens is 415 g/mol. The lowest BCUT2D eigenvalue weighted by Gasteiger charge is -2.10. The Morgan fingerprint density at radius 1 is 0.621 bits per heavy atom. The number of sulfonamides is 2. The predicted molar refractivity (Wildman–Crippen MR) is 107 cm³/mol. The second kappa shape index (κ2) is 8.83. The van der Waals surface area contributed by atoms with E-state index in [0.29, 0.717) is 11.1 Å². The van der Waals surface area contributed by atoms with Crippen molar-refractivity contribution >= 4 is 20.0 Å². The standard InChI is InChI=1S/C20H19FN2O4S2/c21-18-8-4-6-16(12-18)14-23-29(26,27)20-11-5-7-17(13-20)15-22-28(24,25)19-9-2-1-3-10-19/h1-13,22-23H,14-15H2. The fourth-order valence-electron chi connectivity index (χ4n) is 2.59. The number of halogens is 1. The van der Waals surface area contributed by atoms with Crippen LogP contribution in [0.1, 0.15) is 11.1 Å². The summed E-state index contributed by atoms with van der Waals surface area (Å²) in [6.07, 6.45) is 0. The second-order valence-electron chi connectivity index (χ2n) is 6.24. The van der Waals surface area contributed by atoms with E-state index in [-0.39, 0.29) is 22.9 Å². The second-order valence-corrected chi connectivity index (χ2v) is 9.77. The van der Waals surface area contributed by atoms with Gasteiger partial charge >= 0.3 is 0 Å². The number of rotatable bonds is 8. The molecule has 2 N–H and O–H groups in total. The van der Waals surface area contributed by atoms with Crippen molar-refractivity contribution in [2.75, 3.05) is 0 Å². The van der Waals surface area contributed by atoms with E-state index >= 15 is 0 Å². The summed E-state index contributed by atoms with van der Waals surface area (Å²) in [6, 6.07) is 19.5. The van der Waals surface area contributed by atoms with Crippen LogP contribution in [0.15, 0.2) is 88.7 Å². The summed E-state index contributed by atoms with van der Waals surface area (Å²) in [7, 11) is -7.56. The third-order valence-electron chi connectivity index (χ3n) is 4.08. The summed E-state index contributed by atoms with van der Waals surface area (Å²) < 4.78 is 67.7. The lowest BCUT2D eigenvalue weighted by Crippen LogP contribution is -2.25. The zero-order valence-corrected chi connectivity index (χ0v) is 16.9. The molecule has 0 unspecified atom stereocenters. The highest BCUT2D eigenvalue weighted by Crippen LogP contribution is 2.14. The van der Waals surface area contributed by atoms with Gasteiger partial charge in [-0.15, -0.1) is 0 Å². The van der Waals surface area contributed by atoms with Gasteiger partial charge in [0.1, 0.15) is 5.82 Å². The first-order chi connectivity index (χ1) is 13.8. The number of benzene rings is 3. The molecule has 0 atom stereocenters. The molecule has 3 aromatic rings. The van der Waals surface area contributed by atoms with Gasteiger partial charge in [-0.3, -0.25) is 0 Å². The molecule has 0 aromatic heterocycles. The Bertz CT molecular complexity index is 1200. The van der Waals surface area contributed by atoms with Crippen LogP contribution in [-0.2, 0) is 33.1 Å². The molecule has 152 valence electrons. The van der Waals surface area contributed by atoms with Crippen molar-refractivity contribution in [3.63, 3.8) is 0 Å². The summed E-state index contributed by atoms with van der Waals surface area (Å²) >= 11 is 0. The van der Waals surface area contributed by atoms with Gasteiger partial charge in [0, 0.05) is 13.1 Å². The van der Waals surface area contributed by atoms with Crippen LogP contribution < -0.4 is 9.44 Å². The van der Waals surface area contributed by atoms with Crippen LogP contribution in [0.25, 0.3) is 0 Å². The first-order valence-electron chi connectivity index (χ1n) is 8.64. The molecule has 0 spiro atoms. The van der Waals surface area contributed by atoms with Gasteiger partial charge in [0.25, 0.3) is 0 Å². The van der Waals surface area contributed by atoms with Crippen LogP contribution in [0.4, 0.5) is 4.39 Å². The van der Waals surface area contributed by atoms with E-state index in [1.165, 1.54) is 48.5 Å². The lowest BCUT2D eigenvalue weighted by molar-refractivity contribution is 0.580. The highest BCUT2D eigenvalue weighted by atomic mass is 32.2. The Balaban J connectivity index is 1.70. The maximum atomic E-state index is 13.2. The van der Waals surface area contributed by atoms with Crippen LogP contribution >= 0.6 is 0 Å². The van der Waals surface area contributed by atoms with Crippen LogP contribution in [0, 0.1) is 5.82 Å². The molecule has 0 amide bonds. The molecule has 0 bridgehead atoms. The van der Waals surface area contributed by atoms with Crippen molar-refractivity contribution in [2.24, 2.45) is 0 Å². The molecular formula is C20H19FN2O4S2. The molecule has 0 fully saturated rings. The summed E-state index contributed by atoms with van der Waals surface area (Å²) in [5.74, 6) is -0.450. The fraction of sp³-hybridized carbons (Fsp3) is 0.100.